The molecule has 1 aromatic carbocycles. The number of aryl methyl sites for hydroxylation is 1. The number of aromatic nitrogens is 3. The summed E-state index contributed by atoms with van der Waals surface area (Å²) in [7, 11) is 0. The lowest BCUT2D eigenvalue weighted by atomic mass is 10.1. The summed E-state index contributed by atoms with van der Waals surface area (Å²) < 4.78 is 5.66. The first kappa shape index (κ1) is 16.7. The highest BCUT2D eigenvalue weighted by atomic mass is 16.3. The van der Waals surface area contributed by atoms with Gasteiger partial charge in [0.05, 0.1) is 12.2 Å². The van der Waals surface area contributed by atoms with Crippen molar-refractivity contribution in [3.63, 3.8) is 0 Å². The molecule has 0 aliphatic heterocycles. The minimum Gasteiger partial charge on any atom is -0.451 e. The fraction of sp³-hybridized carbons (Fsp3) is 0.100. The molecule has 134 valence electrons. The van der Waals surface area contributed by atoms with Crippen LogP contribution in [0.4, 0.5) is 0 Å². The van der Waals surface area contributed by atoms with Gasteiger partial charge < -0.3 is 14.7 Å². The molecule has 7 heteroatoms. The number of nitrogens with zero attached hydrogens (tertiary/aromatic N) is 2. The Kier molecular flexibility index (Phi) is 4.25. The summed E-state index contributed by atoms with van der Waals surface area (Å²) in [6, 6.07) is 14.1. The number of furan rings is 1. The highest BCUT2D eigenvalue weighted by molar-refractivity contribution is 5.98. The van der Waals surface area contributed by atoms with E-state index in [9.17, 15) is 9.59 Å². The molecule has 0 saturated heterocycles. The number of para-hydroxylation sites is 1. The van der Waals surface area contributed by atoms with E-state index in [0.717, 1.165) is 10.9 Å². The maximum Gasteiger partial charge on any atom is 0.287 e. The van der Waals surface area contributed by atoms with Gasteiger partial charge in [-0.25, -0.2) is 4.98 Å². The van der Waals surface area contributed by atoms with Gasteiger partial charge in [-0.1, -0.05) is 24.3 Å². The van der Waals surface area contributed by atoms with Gasteiger partial charge in [0.1, 0.15) is 11.3 Å². The number of pyridine rings is 1. The van der Waals surface area contributed by atoms with Gasteiger partial charge in [0.2, 0.25) is 0 Å². The Morgan fingerprint density at radius 1 is 1.19 bits per heavy atom. The second-order valence-corrected chi connectivity index (χ2v) is 6.04. The number of nitrogens with one attached hydrogen (secondary N) is 2. The number of hydrogen-bond acceptors (Lipinski definition) is 5. The van der Waals surface area contributed by atoms with Crippen LogP contribution in [0.3, 0.4) is 0 Å². The van der Waals surface area contributed by atoms with Crippen LogP contribution in [0.5, 0.6) is 0 Å². The zero-order chi connectivity index (χ0) is 18.8. The van der Waals surface area contributed by atoms with Crippen LogP contribution in [0.2, 0.25) is 0 Å². The zero-order valence-corrected chi connectivity index (χ0v) is 14.5. The third-order valence-electron chi connectivity index (χ3n) is 4.18. The van der Waals surface area contributed by atoms with E-state index < -0.39 is 0 Å². The molecule has 2 N–H and O–H groups in total. The van der Waals surface area contributed by atoms with Crippen molar-refractivity contribution in [1.29, 1.82) is 0 Å². The van der Waals surface area contributed by atoms with Crippen LogP contribution < -0.4 is 10.9 Å². The number of amides is 1. The molecule has 7 nitrogen and oxygen atoms in total. The summed E-state index contributed by atoms with van der Waals surface area (Å²) in [6.45, 7) is 1.93. The van der Waals surface area contributed by atoms with Gasteiger partial charge in [0.25, 0.3) is 11.5 Å². The number of carbonyl (C=O) groups is 1. The third kappa shape index (κ3) is 3.35. The van der Waals surface area contributed by atoms with Gasteiger partial charge in [-0.2, -0.15) is 0 Å². The molecule has 0 saturated carbocycles. The van der Waals surface area contributed by atoms with E-state index in [0.29, 0.717) is 22.8 Å². The van der Waals surface area contributed by atoms with Crippen LogP contribution in [-0.2, 0) is 6.54 Å². The van der Waals surface area contributed by atoms with Crippen molar-refractivity contribution in [3.8, 4) is 11.5 Å². The van der Waals surface area contributed by atoms with Gasteiger partial charge in [-0.15, -0.1) is 0 Å². The maximum absolute atomic E-state index is 12.5. The van der Waals surface area contributed by atoms with E-state index in [4.69, 9.17) is 4.42 Å². The van der Waals surface area contributed by atoms with Crippen molar-refractivity contribution < 1.29 is 9.21 Å². The molecule has 0 aliphatic carbocycles. The average molecular weight is 360 g/mol. The van der Waals surface area contributed by atoms with Crippen molar-refractivity contribution in [2.45, 2.75) is 13.5 Å². The van der Waals surface area contributed by atoms with Gasteiger partial charge >= 0.3 is 0 Å². The molecule has 0 spiro atoms. The maximum atomic E-state index is 12.5. The Morgan fingerprint density at radius 2 is 2.00 bits per heavy atom. The van der Waals surface area contributed by atoms with Crippen LogP contribution in [0.15, 0.2) is 63.9 Å². The summed E-state index contributed by atoms with van der Waals surface area (Å²) in [4.78, 5) is 35.6. The van der Waals surface area contributed by atoms with Crippen LogP contribution in [-0.4, -0.2) is 20.9 Å². The first-order chi connectivity index (χ1) is 13.1. The molecule has 1 amide bonds. The molecule has 4 rings (SSSR count). The Labute approximate surface area is 154 Å². The van der Waals surface area contributed by atoms with E-state index in [2.05, 4.69) is 20.3 Å². The molecular formula is C20H16N4O3. The quantitative estimate of drug-likeness (QED) is 0.583. The number of rotatable bonds is 4. The van der Waals surface area contributed by atoms with Gasteiger partial charge in [-0.05, 0) is 25.1 Å². The van der Waals surface area contributed by atoms with Gasteiger partial charge in [0.15, 0.2) is 11.6 Å². The monoisotopic (exact) mass is 360 g/mol. The Hall–Kier alpha value is -3.74. The first-order valence-corrected chi connectivity index (χ1v) is 8.40. The standard InChI is InChI=1S/C20H16N4O3/c1-12-14-6-2-3-8-16(14)27-18(12)20(26)22-11-13-10-17(25)24-19(23-13)15-7-4-5-9-21-15/h2-10H,11H2,1H3,(H,22,26)(H,23,24,25). The normalized spacial score (nSPS) is 10.9. The van der Waals surface area contributed by atoms with E-state index in [1.807, 2.05) is 31.2 Å². The lowest BCUT2D eigenvalue weighted by molar-refractivity contribution is 0.0924. The molecule has 3 heterocycles. The molecule has 0 aliphatic rings. The summed E-state index contributed by atoms with van der Waals surface area (Å²) in [6.07, 6.45) is 1.62. The lowest BCUT2D eigenvalue weighted by Gasteiger charge is -2.05. The van der Waals surface area contributed by atoms with Crippen LogP contribution in [0.25, 0.3) is 22.5 Å². The second kappa shape index (κ2) is 6.87. The molecule has 3 aromatic heterocycles. The van der Waals surface area contributed by atoms with Crippen molar-refractivity contribution in [2.75, 3.05) is 0 Å². The molecule has 4 aromatic rings. The molecule has 0 atom stereocenters. The number of benzene rings is 1. The SMILES string of the molecule is Cc1c(C(=O)NCc2cc(=O)[nH]c(-c3ccccn3)n2)oc2ccccc12. The summed E-state index contributed by atoms with van der Waals surface area (Å²) in [5.74, 6) is 0.253. The summed E-state index contributed by atoms with van der Waals surface area (Å²) in [5.41, 5.74) is 2.11. The molecular weight excluding hydrogens is 344 g/mol. The van der Waals surface area contributed by atoms with Crippen molar-refractivity contribution in [2.24, 2.45) is 0 Å². The van der Waals surface area contributed by atoms with E-state index >= 15 is 0 Å². The Morgan fingerprint density at radius 3 is 2.78 bits per heavy atom. The first-order valence-electron chi connectivity index (χ1n) is 8.40. The summed E-state index contributed by atoms with van der Waals surface area (Å²) >= 11 is 0. The number of fused-ring (bicyclic) bond motifs is 1. The van der Waals surface area contributed by atoms with Gasteiger partial charge in [0, 0.05) is 23.2 Å². The minimum absolute atomic E-state index is 0.0963. The summed E-state index contributed by atoms with van der Waals surface area (Å²) in [5, 5.41) is 3.65. The van der Waals surface area contributed by atoms with E-state index in [-0.39, 0.29) is 23.8 Å². The molecule has 0 fully saturated rings. The highest BCUT2D eigenvalue weighted by Gasteiger charge is 2.17. The highest BCUT2D eigenvalue weighted by Crippen LogP contribution is 2.24. The largest absolute Gasteiger partial charge is 0.451 e. The second-order valence-electron chi connectivity index (χ2n) is 6.04. The topological polar surface area (TPSA) is 101 Å². The molecule has 0 bridgehead atoms. The minimum atomic E-state index is -0.356. The Bertz CT molecular complexity index is 1180. The van der Waals surface area contributed by atoms with Gasteiger partial charge in [-0.3, -0.25) is 14.6 Å². The molecule has 27 heavy (non-hydrogen) atoms. The predicted molar refractivity (Wildman–Crippen MR) is 100 cm³/mol. The molecule has 0 radical (unpaired) electrons. The van der Waals surface area contributed by atoms with Crippen LogP contribution in [0, 0.1) is 6.92 Å². The van der Waals surface area contributed by atoms with Crippen molar-refractivity contribution >= 4 is 16.9 Å². The number of H-pyrrole nitrogens is 1. The smallest absolute Gasteiger partial charge is 0.287 e. The van der Waals surface area contributed by atoms with E-state index in [1.54, 1.807) is 24.4 Å². The fourth-order valence-corrected chi connectivity index (χ4v) is 2.86. The fourth-order valence-electron chi connectivity index (χ4n) is 2.86. The molecule has 0 unspecified atom stereocenters. The average Bonchev–Trinajstić information content (AvgIpc) is 3.03. The third-order valence-corrected chi connectivity index (χ3v) is 4.18. The van der Waals surface area contributed by atoms with E-state index in [1.165, 1.54) is 6.07 Å². The Balaban J connectivity index is 1.56. The zero-order valence-electron chi connectivity index (χ0n) is 14.5. The van der Waals surface area contributed by atoms with Crippen LogP contribution in [0.1, 0.15) is 21.8 Å². The lowest BCUT2D eigenvalue weighted by Crippen LogP contribution is -2.25. The number of carbonyl (C=O) groups excluding carboxylic acids is 1. The predicted octanol–water partition coefficient (Wildman–Crippen LogP) is 2.82. The number of aromatic amines is 1. The van der Waals surface area contributed by atoms with Crippen molar-refractivity contribution in [1.82, 2.24) is 20.3 Å². The number of hydrogen-bond donors (Lipinski definition) is 2. The van der Waals surface area contributed by atoms with Crippen LogP contribution >= 0.6 is 0 Å². The van der Waals surface area contributed by atoms with Crippen molar-refractivity contribution in [3.05, 3.63) is 82.1 Å².